The summed E-state index contributed by atoms with van der Waals surface area (Å²) in [6, 6.07) is 2.58. The average molecular weight is 323 g/mol. The molecule has 0 heterocycles. The number of hydrogen-bond acceptors (Lipinski definition) is 1. The summed E-state index contributed by atoms with van der Waals surface area (Å²) >= 11 is 2.87. The molecule has 92 valence electrons. The molecule has 1 nitrogen and oxygen atoms in total. The molecule has 1 atom stereocenters. The van der Waals surface area contributed by atoms with Gasteiger partial charge in [-0.3, -0.25) is 0 Å². The highest BCUT2D eigenvalue weighted by atomic mass is 79.9. The maximum Gasteiger partial charge on any atom is 0.390 e. The minimum absolute atomic E-state index is 0. The lowest BCUT2D eigenvalue weighted by Gasteiger charge is -2.15. The van der Waals surface area contributed by atoms with Gasteiger partial charge in [0.2, 0.25) is 0 Å². The van der Waals surface area contributed by atoms with Gasteiger partial charge in [-0.1, -0.05) is 12.1 Å². The summed E-state index contributed by atoms with van der Waals surface area (Å²) in [6.07, 6.45) is -5.53. The molecule has 0 bridgehead atoms. The molecule has 1 aromatic rings. The molecular formula is C9H9BrClF4N. The van der Waals surface area contributed by atoms with Crippen LogP contribution in [0, 0.1) is 5.82 Å². The Bertz CT molecular complexity index is 356. The Balaban J connectivity index is 0.00000225. The molecule has 0 amide bonds. The summed E-state index contributed by atoms with van der Waals surface area (Å²) in [5.41, 5.74) is 5.45. The largest absolute Gasteiger partial charge is 0.390 e. The third kappa shape index (κ3) is 4.27. The molecule has 1 rings (SSSR count). The maximum absolute atomic E-state index is 13.0. The van der Waals surface area contributed by atoms with E-state index < -0.39 is 24.5 Å². The molecule has 0 unspecified atom stereocenters. The molecule has 16 heavy (non-hydrogen) atoms. The Morgan fingerprint density at radius 1 is 1.31 bits per heavy atom. The van der Waals surface area contributed by atoms with Gasteiger partial charge in [-0.15, -0.1) is 12.4 Å². The van der Waals surface area contributed by atoms with Crippen LogP contribution in [0.15, 0.2) is 22.7 Å². The Morgan fingerprint density at radius 3 is 2.38 bits per heavy atom. The van der Waals surface area contributed by atoms with Crippen molar-refractivity contribution < 1.29 is 17.6 Å². The Hall–Kier alpha value is -0.330. The van der Waals surface area contributed by atoms with Crippen molar-refractivity contribution in [2.45, 2.75) is 18.6 Å². The van der Waals surface area contributed by atoms with E-state index in [-0.39, 0.29) is 22.4 Å². The first-order chi connectivity index (χ1) is 6.81. The third-order valence-electron chi connectivity index (χ3n) is 1.83. The topological polar surface area (TPSA) is 26.0 Å². The van der Waals surface area contributed by atoms with E-state index >= 15 is 0 Å². The molecule has 7 heteroatoms. The molecule has 0 aliphatic rings. The first kappa shape index (κ1) is 15.7. The minimum Gasteiger partial charge on any atom is -0.324 e. The normalized spacial score (nSPS) is 13.1. The number of alkyl halides is 3. The lowest BCUT2D eigenvalue weighted by molar-refractivity contribution is -0.138. The van der Waals surface area contributed by atoms with Crippen LogP contribution >= 0.6 is 28.3 Å². The molecule has 0 spiro atoms. The van der Waals surface area contributed by atoms with Gasteiger partial charge in [0.25, 0.3) is 0 Å². The van der Waals surface area contributed by atoms with Crippen LogP contribution in [0.4, 0.5) is 17.6 Å². The van der Waals surface area contributed by atoms with Crippen molar-refractivity contribution in [3.05, 3.63) is 34.1 Å². The highest BCUT2D eigenvalue weighted by Gasteiger charge is 2.31. The van der Waals surface area contributed by atoms with Gasteiger partial charge in [-0.05, 0) is 27.6 Å². The molecule has 1 aromatic carbocycles. The first-order valence-electron chi connectivity index (χ1n) is 4.07. The van der Waals surface area contributed by atoms with Crippen molar-refractivity contribution >= 4 is 28.3 Å². The first-order valence-corrected chi connectivity index (χ1v) is 4.87. The Labute approximate surface area is 105 Å². The molecule has 0 aromatic heterocycles. The zero-order chi connectivity index (χ0) is 11.6. The van der Waals surface area contributed by atoms with E-state index in [9.17, 15) is 17.6 Å². The van der Waals surface area contributed by atoms with Crippen LogP contribution in [0.5, 0.6) is 0 Å². The Kier molecular flexibility index (Phi) is 5.72. The highest BCUT2D eigenvalue weighted by Crippen LogP contribution is 2.32. The molecule has 2 N–H and O–H groups in total. The van der Waals surface area contributed by atoms with Crippen LogP contribution in [-0.4, -0.2) is 6.18 Å². The average Bonchev–Trinajstić information content (AvgIpc) is 2.06. The van der Waals surface area contributed by atoms with Gasteiger partial charge in [0.05, 0.1) is 10.9 Å². The molecular weight excluding hydrogens is 313 g/mol. The van der Waals surface area contributed by atoms with Crippen LogP contribution in [0.25, 0.3) is 0 Å². The van der Waals surface area contributed by atoms with Crippen molar-refractivity contribution in [1.29, 1.82) is 0 Å². The number of hydrogen-bond donors (Lipinski definition) is 1. The van der Waals surface area contributed by atoms with Crippen LogP contribution in [-0.2, 0) is 0 Å². The van der Waals surface area contributed by atoms with Gasteiger partial charge in [-0.2, -0.15) is 13.2 Å². The van der Waals surface area contributed by atoms with E-state index in [0.29, 0.717) is 0 Å². The number of rotatable bonds is 2. The van der Waals surface area contributed by atoms with Crippen molar-refractivity contribution in [3.8, 4) is 0 Å². The van der Waals surface area contributed by atoms with Crippen LogP contribution in [0.1, 0.15) is 18.0 Å². The summed E-state index contributed by atoms with van der Waals surface area (Å²) in [7, 11) is 0. The fraction of sp³-hybridized carbons (Fsp3) is 0.333. The van der Waals surface area contributed by atoms with Crippen molar-refractivity contribution in [2.24, 2.45) is 5.73 Å². The summed E-state index contributed by atoms with van der Waals surface area (Å²) in [4.78, 5) is 0. The molecule has 0 fully saturated rings. The summed E-state index contributed by atoms with van der Waals surface area (Å²) in [5.74, 6) is -0.620. The van der Waals surface area contributed by atoms with E-state index in [2.05, 4.69) is 15.9 Å². The van der Waals surface area contributed by atoms with E-state index in [1.54, 1.807) is 0 Å². The quantitative estimate of drug-likeness (QED) is 0.819. The fourth-order valence-electron chi connectivity index (χ4n) is 1.17. The second-order valence-electron chi connectivity index (χ2n) is 3.07. The molecule has 0 saturated heterocycles. The lowest BCUT2D eigenvalue weighted by Crippen LogP contribution is -2.20. The number of halogens is 6. The van der Waals surface area contributed by atoms with Gasteiger partial charge in [0, 0.05) is 6.04 Å². The predicted molar refractivity (Wildman–Crippen MR) is 58.9 cm³/mol. The highest BCUT2D eigenvalue weighted by molar-refractivity contribution is 9.10. The Morgan fingerprint density at radius 2 is 1.88 bits per heavy atom. The second kappa shape index (κ2) is 5.84. The summed E-state index contributed by atoms with van der Waals surface area (Å²) < 4.78 is 49.1. The summed E-state index contributed by atoms with van der Waals surface area (Å²) in [5, 5.41) is 0. The zero-order valence-corrected chi connectivity index (χ0v) is 10.3. The van der Waals surface area contributed by atoms with Gasteiger partial charge in [0.1, 0.15) is 5.82 Å². The van der Waals surface area contributed by atoms with E-state index in [0.717, 1.165) is 6.07 Å². The molecule has 0 saturated carbocycles. The van der Waals surface area contributed by atoms with Crippen LogP contribution in [0.2, 0.25) is 0 Å². The molecule has 0 aliphatic heterocycles. The van der Waals surface area contributed by atoms with Gasteiger partial charge >= 0.3 is 6.18 Å². The third-order valence-corrected chi connectivity index (χ3v) is 2.67. The van der Waals surface area contributed by atoms with Crippen molar-refractivity contribution in [3.63, 3.8) is 0 Å². The zero-order valence-electron chi connectivity index (χ0n) is 7.89. The van der Waals surface area contributed by atoms with Crippen molar-refractivity contribution in [1.82, 2.24) is 0 Å². The molecule has 0 aliphatic carbocycles. The van der Waals surface area contributed by atoms with E-state index in [1.165, 1.54) is 12.1 Å². The van der Waals surface area contributed by atoms with Crippen LogP contribution in [0.3, 0.4) is 0 Å². The predicted octanol–water partition coefficient (Wildman–Crippen LogP) is 3.96. The maximum atomic E-state index is 13.0. The van der Waals surface area contributed by atoms with Gasteiger partial charge in [0.15, 0.2) is 0 Å². The van der Waals surface area contributed by atoms with Crippen molar-refractivity contribution in [2.75, 3.05) is 0 Å². The van der Waals surface area contributed by atoms with E-state index in [1.807, 2.05) is 0 Å². The second-order valence-corrected chi connectivity index (χ2v) is 3.86. The lowest BCUT2D eigenvalue weighted by atomic mass is 10.0. The monoisotopic (exact) mass is 321 g/mol. The summed E-state index contributed by atoms with van der Waals surface area (Å²) in [6.45, 7) is 0. The standard InChI is InChI=1S/C9H8BrF4N.ClH/c10-8-5(2-1-3-6(8)11)7(15)4-9(12,13)14;/h1-3,7H,4,15H2;1H/t7-;/m0./s1. The van der Waals surface area contributed by atoms with Gasteiger partial charge < -0.3 is 5.73 Å². The molecule has 0 radical (unpaired) electrons. The fourth-order valence-corrected chi connectivity index (χ4v) is 1.72. The van der Waals surface area contributed by atoms with Gasteiger partial charge in [-0.25, -0.2) is 4.39 Å². The minimum atomic E-state index is -4.36. The smallest absolute Gasteiger partial charge is 0.324 e. The number of benzene rings is 1. The number of nitrogens with two attached hydrogens (primary N) is 1. The SMILES string of the molecule is Cl.N[C@@H](CC(F)(F)F)c1cccc(F)c1Br. The van der Waals surface area contributed by atoms with E-state index in [4.69, 9.17) is 5.73 Å². The van der Waals surface area contributed by atoms with Crippen LogP contribution < -0.4 is 5.73 Å².